The monoisotopic (exact) mass is 438 g/mol. The Morgan fingerprint density at radius 2 is 1.77 bits per heavy atom. The van der Waals surface area contributed by atoms with Crippen LogP contribution in [-0.2, 0) is 17.9 Å². The maximum absolute atomic E-state index is 14.1. The Kier molecular flexibility index (Phi) is 5.66. The first-order valence-corrected chi connectivity index (χ1v) is 12.5. The number of aromatic nitrogens is 1. The van der Waals surface area contributed by atoms with Crippen LogP contribution in [-0.4, -0.2) is 21.9 Å². The van der Waals surface area contributed by atoms with Crippen molar-refractivity contribution >= 4 is 17.5 Å². The van der Waals surface area contributed by atoms with E-state index in [2.05, 4.69) is 47.7 Å². The lowest BCUT2D eigenvalue weighted by molar-refractivity contribution is -0.159. The van der Waals surface area contributed by atoms with Crippen LogP contribution in [0, 0.1) is 29.1 Å². The fourth-order valence-corrected chi connectivity index (χ4v) is 7.36. The van der Waals surface area contributed by atoms with Crippen molar-refractivity contribution < 1.29 is 4.79 Å². The molecule has 4 heteroatoms. The largest absolute Gasteiger partial charge is 0.345 e. The van der Waals surface area contributed by atoms with Crippen molar-refractivity contribution in [3.05, 3.63) is 58.9 Å². The van der Waals surface area contributed by atoms with Gasteiger partial charge >= 0.3 is 0 Å². The first-order valence-electron chi connectivity index (χ1n) is 12.1. The summed E-state index contributed by atoms with van der Waals surface area (Å²) in [5.74, 6) is 3.29. The summed E-state index contributed by atoms with van der Waals surface area (Å²) >= 11 is 6.20. The van der Waals surface area contributed by atoms with Crippen LogP contribution >= 0.6 is 11.6 Å². The summed E-state index contributed by atoms with van der Waals surface area (Å²) in [7, 11) is 0. The second kappa shape index (κ2) is 8.31. The van der Waals surface area contributed by atoms with Crippen LogP contribution in [0.15, 0.2) is 42.6 Å². The van der Waals surface area contributed by atoms with Crippen molar-refractivity contribution in [2.45, 2.75) is 65.5 Å². The maximum Gasteiger partial charge on any atom is 0.229 e. The smallest absolute Gasteiger partial charge is 0.229 e. The van der Waals surface area contributed by atoms with Crippen molar-refractivity contribution in [1.29, 1.82) is 0 Å². The Bertz CT molecular complexity index is 911. The second-order valence-corrected chi connectivity index (χ2v) is 11.5. The van der Waals surface area contributed by atoms with E-state index < -0.39 is 0 Å². The molecule has 4 bridgehead atoms. The van der Waals surface area contributed by atoms with E-state index in [1.807, 2.05) is 18.2 Å². The van der Waals surface area contributed by atoms with E-state index in [1.54, 1.807) is 0 Å². The molecule has 4 saturated carbocycles. The van der Waals surface area contributed by atoms with E-state index in [0.29, 0.717) is 18.4 Å². The van der Waals surface area contributed by atoms with Gasteiger partial charge in [-0.25, -0.2) is 0 Å². The van der Waals surface area contributed by atoms with Gasteiger partial charge in [0.25, 0.3) is 0 Å². The predicted octanol–water partition coefficient (Wildman–Crippen LogP) is 6.39. The number of carbonyl (C=O) groups excluding carboxylic acids is 1. The van der Waals surface area contributed by atoms with Gasteiger partial charge in [-0.3, -0.25) is 4.79 Å². The Hall–Kier alpha value is -1.74. The standard InChI is InChI=1S/C27H35ClN2O/c1-19(2)16-30(26(31)27-13-21-9-22(14-27)11-23(10-21)15-27)18-25-7-4-8-29(25)17-20-5-3-6-24(28)12-20/h3-8,12,19,21-23H,9-11,13-18H2,1-2H3. The molecule has 0 atom stereocenters. The van der Waals surface area contributed by atoms with Gasteiger partial charge in [0.1, 0.15) is 0 Å². The first kappa shape index (κ1) is 21.1. The average molecular weight is 439 g/mol. The topological polar surface area (TPSA) is 25.2 Å². The van der Waals surface area contributed by atoms with Gasteiger partial charge in [-0.1, -0.05) is 37.6 Å². The molecule has 1 heterocycles. The molecule has 4 fully saturated rings. The van der Waals surface area contributed by atoms with Crippen molar-refractivity contribution in [3.8, 4) is 0 Å². The third kappa shape index (κ3) is 4.31. The third-order valence-corrected chi connectivity index (χ3v) is 8.12. The van der Waals surface area contributed by atoms with Crippen LogP contribution in [0.4, 0.5) is 0 Å². The van der Waals surface area contributed by atoms with E-state index in [9.17, 15) is 4.79 Å². The Morgan fingerprint density at radius 1 is 1.10 bits per heavy atom. The van der Waals surface area contributed by atoms with E-state index in [1.165, 1.54) is 30.5 Å². The zero-order chi connectivity index (χ0) is 21.6. The van der Waals surface area contributed by atoms with Crippen LogP contribution in [0.3, 0.4) is 0 Å². The van der Waals surface area contributed by atoms with Gasteiger partial charge in [0.2, 0.25) is 5.91 Å². The number of hydrogen-bond donors (Lipinski definition) is 0. The minimum Gasteiger partial charge on any atom is -0.345 e. The molecule has 31 heavy (non-hydrogen) atoms. The van der Waals surface area contributed by atoms with E-state index in [0.717, 1.165) is 55.1 Å². The van der Waals surface area contributed by atoms with Crippen LogP contribution in [0.1, 0.15) is 63.6 Å². The molecule has 0 saturated heterocycles. The molecule has 4 aliphatic rings. The van der Waals surface area contributed by atoms with Crippen LogP contribution in [0.25, 0.3) is 0 Å². The molecule has 1 aromatic heterocycles. The summed E-state index contributed by atoms with van der Waals surface area (Å²) in [6, 6.07) is 12.3. The van der Waals surface area contributed by atoms with Gasteiger partial charge in [-0.15, -0.1) is 0 Å². The number of halogens is 1. The zero-order valence-corrected chi connectivity index (χ0v) is 19.7. The summed E-state index contributed by atoms with van der Waals surface area (Å²) in [6.45, 7) is 6.77. The summed E-state index contributed by atoms with van der Waals surface area (Å²) < 4.78 is 2.27. The van der Waals surface area contributed by atoms with Gasteiger partial charge in [-0.05, 0) is 92.0 Å². The number of hydrogen-bond acceptors (Lipinski definition) is 1. The molecule has 0 aliphatic heterocycles. The molecule has 1 amide bonds. The van der Waals surface area contributed by atoms with Crippen molar-refractivity contribution in [2.75, 3.05) is 6.54 Å². The molecule has 4 aliphatic carbocycles. The quantitative estimate of drug-likeness (QED) is 0.491. The Balaban J connectivity index is 1.37. The fraction of sp³-hybridized carbons (Fsp3) is 0.593. The Labute approximate surface area is 191 Å². The maximum atomic E-state index is 14.1. The molecule has 0 radical (unpaired) electrons. The third-order valence-electron chi connectivity index (χ3n) is 7.88. The summed E-state index contributed by atoms with van der Waals surface area (Å²) in [5.41, 5.74) is 2.32. The minimum atomic E-state index is -0.0754. The molecule has 166 valence electrons. The van der Waals surface area contributed by atoms with Crippen molar-refractivity contribution in [1.82, 2.24) is 9.47 Å². The predicted molar refractivity (Wildman–Crippen MR) is 126 cm³/mol. The van der Waals surface area contributed by atoms with Crippen LogP contribution in [0.5, 0.6) is 0 Å². The highest BCUT2D eigenvalue weighted by Gasteiger charge is 2.55. The van der Waals surface area contributed by atoms with Gasteiger partial charge in [0, 0.05) is 30.0 Å². The molecule has 2 aromatic rings. The lowest BCUT2D eigenvalue weighted by Gasteiger charge is -2.56. The van der Waals surface area contributed by atoms with E-state index in [4.69, 9.17) is 11.6 Å². The van der Waals surface area contributed by atoms with Gasteiger partial charge < -0.3 is 9.47 Å². The molecule has 3 nitrogen and oxygen atoms in total. The van der Waals surface area contributed by atoms with Gasteiger partial charge in [0.15, 0.2) is 0 Å². The molecular weight excluding hydrogens is 404 g/mol. The normalized spacial score (nSPS) is 29.0. The summed E-state index contributed by atoms with van der Waals surface area (Å²) in [5, 5.41) is 0.768. The Morgan fingerprint density at radius 3 is 2.39 bits per heavy atom. The molecule has 1 aromatic carbocycles. The summed E-state index contributed by atoms with van der Waals surface area (Å²) in [6.07, 6.45) is 9.65. The van der Waals surface area contributed by atoms with Gasteiger partial charge in [-0.2, -0.15) is 0 Å². The molecular formula is C27H35ClN2O. The van der Waals surface area contributed by atoms with E-state index >= 15 is 0 Å². The SMILES string of the molecule is CC(C)CN(Cc1cccn1Cc1cccc(Cl)c1)C(=O)C12CC3CC(CC(C3)C1)C2. The molecule has 6 rings (SSSR count). The minimum absolute atomic E-state index is 0.0754. The van der Waals surface area contributed by atoms with Crippen LogP contribution in [0.2, 0.25) is 5.02 Å². The number of nitrogens with zero attached hydrogens (tertiary/aromatic N) is 2. The number of benzene rings is 1. The molecule has 0 spiro atoms. The van der Waals surface area contributed by atoms with Gasteiger partial charge in [0.05, 0.1) is 12.0 Å². The van der Waals surface area contributed by atoms with Crippen molar-refractivity contribution in [3.63, 3.8) is 0 Å². The van der Waals surface area contributed by atoms with Crippen molar-refractivity contribution in [2.24, 2.45) is 29.1 Å². The number of rotatable bonds is 7. The fourth-order valence-electron chi connectivity index (χ4n) is 7.14. The lowest BCUT2D eigenvalue weighted by Crippen LogP contribution is -2.55. The highest BCUT2D eigenvalue weighted by atomic mass is 35.5. The highest BCUT2D eigenvalue weighted by Crippen LogP contribution is 2.60. The van der Waals surface area contributed by atoms with E-state index in [-0.39, 0.29) is 5.41 Å². The van der Waals surface area contributed by atoms with Crippen LogP contribution < -0.4 is 0 Å². The lowest BCUT2D eigenvalue weighted by atomic mass is 9.49. The first-order chi connectivity index (χ1) is 14.9. The number of carbonyl (C=O) groups is 1. The zero-order valence-electron chi connectivity index (χ0n) is 18.9. The molecule has 0 unspecified atom stereocenters. The highest BCUT2D eigenvalue weighted by molar-refractivity contribution is 6.30. The summed E-state index contributed by atoms with van der Waals surface area (Å²) in [4.78, 5) is 16.3. The molecule has 0 N–H and O–H groups in total. The average Bonchev–Trinajstić information content (AvgIpc) is 3.12. The second-order valence-electron chi connectivity index (χ2n) is 11.0. The number of amides is 1.